The van der Waals surface area contributed by atoms with Gasteiger partial charge in [-0.2, -0.15) is 0 Å². The van der Waals surface area contributed by atoms with Crippen LogP contribution in [0, 0.1) is 0 Å². The van der Waals surface area contributed by atoms with Gasteiger partial charge in [-0.3, -0.25) is 9.80 Å². The molecule has 0 aliphatic carbocycles. The minimum Gasteiger partial charge on any atom is -0.443 e. The van der Waals surface area contributed by atoms with E-state index in [1.165, 1.54) is 5.01 Å². The van der Waals surface area contributed by atoms with Gasteiger partial charge in [-0.15, -0.1) is 0 Å². The summed E-state index contributed by atoms with van der Waals surface area (Å²) < 4.78 is 5.14. The van der Waals surface area contributed by atoms with Crippen LogP contribution in [0.25, 0.3) is 0 Å². The number of amides is 1. The fourth-order valence-electron chi connectivity index (χ4n) is 1.54. The molecule has 0 bridgehead atoms. The molecular weight excluding hydrogens is 252 g/mol. The van der Waals surface area contributed by atoms with E-state index in [1.807, 2.05) is 0 Å². The van der Waals surface area contributed by atoms with Crippen molar-refractivity contribution in [1.82, 2.24) is 10.4 Å². The maximum atomic E-state index is 11.7. The second-order valence-corrected chi connectivity index (χ2v) is 5.61. The largest absolute Gasteiger partial charge is 0.443 e. The number of thiocarbonyl (C=S) groups is 1. The highest BCUT2D eigenvalue weighted by atomic mass is 32.1. The average Bonchev–Trinajstić information content (AvgIpc) is 2.19. The zero-order chi connectivity index (χ0) is 14.1. The Balaban J connectivity index is 2.78. The minimum absolute atomic E-state index is 0.188. The monoisotopic (exact) mass is 270 g/mol. The molecule has 1 N–H and O–H groups in total. The van der Waals surface area contributed by atoms with Crippen molar-refractivity contribution in [1.29, 1.82) is 0 Å². The van der Waals surface area contributed by atoms with E-state index >= 15 is 0 Å². The number of hydrogen-bond donors (Lipinski definition) is 1. The van der Waals surface area contributed by atoms with Gasteiger partial charge in [0.15, 0.2) is 5.78 Å². The molecule has 0 saturated carbocycles. The predicted octanol–water partition coefficient (Wildman–Crippen LogP) is 1.97. The number of hydrogen-bond acceptors (Lipinski definition) is 5. The van der Waals surface area contributed by atoms with E-state index in [0.717, 1.165) is 0 Å². The van der Waals surface area contributed by atoms with Crippen LogP contribution < -0.4 is 5.43 Å². The SMILES string of the molecule is CC1=CC(=S)C(=O)C(C)N1NC(=O)OC(C)(C)C. The van der Waals surface area contributed by atoms with Crippen LogP contribution in [0.3, 0.4) is 0 Å². The van der Waals surface area contributed by atoms with Gasteiger partial charge in [-0.1, -0.05) is 12.2 Å². The summed E-state index contributed by atoms with van der Waals surface area (Å²) in [7, 11) is 0. The van der Waals surface area contributed by atoms with E-state index in [4.69, 9.17) is 17.0 Å². The molecule has 1 aliphatic heterocycles. The molecule has 5 nitrogen and oxygen atoms in total. The van der Waals surface area contributed by atoms with Crippen LogP contribution in [0.5, 0.6) is 0 Å². The zero-order valence-corrected chi connectivity index (χ0v) is 12.1. The number of carbonyl (C=O) groups excluding carboxylic acids is 2. The van der Waals surface area contributed by atoms with Gasteiger partial charge in [-0.05, 0) is 40.7 Å². The van der Waals surface area contributed by atoms with Gasteiger partial charge in [-0.25, -0.2) is 10.2 Å². The molecule has 1 unspecified atom stereocenters. The number of carbonyl (C=O) groups is 2. The van der Waals surface area contributed by atoms with Gasteiger partial charge in [0.25, 0.3) is 0 Å². The van der Waals surface area contributed by atoms with Crippen LogP contribution in [0.4, 0.5) is 4.79 Å². The third kappa shape index (κ3) is 3.53. The van der Waals surface area contributed by atoms with E-state index in [0.29, 0.717) is 5.70 Å². The van der Waals surface area contributed by atoms with Crippen molar-refractivity contribution in [2.75, 3.05) is 0 Å². The molecule has 1 heterocycles. The van der Waals surface area contributed by atoms with Crippen molar-refractivity contribution in [2.24, 2.45) is 0 Å². The maximum absolute atomic E-state index is 11.7. The molecule has 0 aromatic carbocycles. The quantitative estimate of drug-likeness (QED) is 0.738. The minimum atomic E-state index is -0.595. The summed E-state index contributed by atoms with van der Waals surface area (Å²) in [4.78, 5) is 23.7. The van der Waals surface area contributed by atoms with Gasteiger partial charge in [0, 0.05) is 5.70 Å². The Morgan fingerprint density at radius 3 is 2.56 bits per heavy atom. The van der Waals surface area contributed by atoms with Crippen molar-refractivity contribution in [3.05, 3.63) is 11.8 Å². The fraction of sp³-hybridized carbons (Fsp3) is 0.583. The molecule has 0 aromatic heterocycles. The first-order valence-corrected chi connectivity index (χ1v) is 6.08. The summed E-state index contributed by atoms with van der Waals surface area (Å²) in [5.74, 6) is -0.188. The van der Waals surface area contributed by atoms with Crippen LogP contribution in [0.15, 0.2) is 11.8 Å². The van der Waals surface area contributed by atoms with Gasteiger partial charge < -0.3 is 4.74 Å². The summed E-state index contributed by atoms with van der Waals surface area (Å²) in [6, 6.07) is -0.519. The first-order chi connectivity index (χ1) is 8.11. The number of nitrogens with one attached hydrogen (secondary N) is 1. The lowest BCUT2D eigenvalue weighted by Gasteiger charge is -2.34. The van der Waals surface area contributed by atoms with E-state index < -0.39 is 17.7 Å². The Morgan fingerprint density at radius 1 is 1.50 bits per heavy atom. The number of Topliss-reactive ketones (excluding diaryl/α,β-unsaturated/α-hetero) is 1. The molecule has 0 aromatic rings. The van der Waals surface area contributed by atoms with E-state index in [-0.39, 0.29) is 10.6 Å². The number of ketones is 1. The Morgan fingerprint density at radius 2 is 2.06 bits per heavy atom. The maximum Gasteiger partial charge on any atom is 0.426 e. The molecule has 0 saturated heterocycles. The predicted molar refractivity (Wildman–Crippen MR) is 72.0 cm³/mol. The molecule has 0 fully saturated rings. The van der Waals surface area contributed by atoms with Crippen LogP contribution in [-0.2, 0) is 9.53 Å². The number of rotatable bonds is 1. The summed E-state index contributed by atoms with van der Waals surface area (Å²) in [5, 5.41) is 1.46. The number of hydrazine groups is 1. The Bertz CT molecular complexity index is 424. The smallest absolute Gasteiger partial charge is 0.426 e. The Kier molecular flexibility index (Phi) is 4.11. The fourth-order valence-corrected chi connectivity index (χ4v) is 1.88. The number of nitrogens with zero attached hydrogens (tertiary/aromatic N) is 1. The van der Waals surface area contributed by atoms with Crippen molar-refractivity contribution < 1.29 is 14.3 Å². The highest BCUT2D eigenvalue weighted by molar-refractivity contribution is 7.82. The van der Waals surface area contributed by atoms with E-state index in [9.17, 15) is 9.59 Å². The first kappa shape index (κ1) is 14.6. The van der Waals surface area contributed by atoms with E-state index in [1.54, 1.807) is 40.7 Å². The molecule has 100 valence electrons. The lowest BCUT2D eigenvalue weighted by Crippen LogP contribution is -2.53. The zero-order valence-electron chi connectivity index (χ0n) is 11.2. The number of allylic oxidation sites excluding steroid dienone is 2. The molecule has 1 amide bonds. The van der Waals surface area contributed by atoms with Crippen molar-refractivity contribution in [2.45, 2.75) is 46.3 Å². The summed E-state index contributed by atoms with van der Waals surface area (Å²) >= 11 is 4.94. The molecule has 1 atom stereocenters. The van der Waals surface area contributed by atoms with Crippen molar-refractivity contribution >= 4 is 29.0 Å². The van der Waals surface area contributed by atoms with Crippen LogP contribution >= 0.6 is 12.2 Å². The van der Waals surface area contributed by atoms with Crippen molar-refractivity contribution in [3.8, 4) is 0 Å². The summed E-state index contributed by atoms with van der Waals surface area (Å²) in [6.45, 7) is 8.77. The molecule has 1 rings (SSSR count). The van der Waals surface area contributed by atoms with Gasteiger partial charge in [0.05, 0.1) is 4.86 Å². The van der Waals surface area contributed by atoms with Crippen LogP contribution in [-0.4, -0.2) is 33.4 Å². The third-order valence-corrected chi connectivity index (χ3v) is 2.66. The standard InChI is InChI=1S/C12H18N2O3S/c1-7-6-9(18)10(15)8(2)14(7)13-11(16)17-12(3,4)5/h6,8H,1-5H3,(H,13,16). The van der Waals surface area contributed by atoms with Crippen LogP contribution in [0.2, 0.25) is 0 Å². The summed E-state index contributed by atoms with van der Waals surface area (Å²) in [6.07, 6.45) is 0.970. The highest BCUT2D eigenvalue weighted by Crippen LogP contribution is 2.15. The third-order valence-electron chi connectivity index (χ3n) is 2.34. The average molecular weight is 270 g/mol. The lowest BCUT2D eigenvalue weighted by molar-refractivity contribution is -0.117. The Hall–Kier alpha value is -1.43. The topological polar surface area (TPSA) is 58.6 Å². The van der Waals surface area contributed by atoms with Gasteiger partial charge in [0.1, 0.15) is 11.6 Å². The number of ether oxygens (including phenoxy) is 1. The molecule has 0 spiro atoms. The molecule has 18 heavy (non-hydrogen) atoms. The molecule has 0 radical (unpaired) electrons. The van der Waals surface area contributed by atoms with Crippen LogP contribution in [0.1, 0.15) is 34.6 Å². The van der Waals surface area contributed by atoms with Crippen molar-refractivity contribution in [3.63, 3.8) is 0 Å². The van der Waals surface area contributed by atoms with Gasteiger partial charge in [0.2, 0.25) is 0 Å². The highest BCUT2D eigenvalue weighted by Gasteiger charge is 2.30. The normalized spacial score (nSPS) is 20.6. The lowest BCUT2D eigenvalue weighted by atomic mass is 10.1. The van der Waals surface area contributed by atoms with Gasteiger partial charge >= 0.3 is 6.09 Å². The Labute approximate surface area is 112 Å². The second-order valence-electron chi connectivity index (χ2n) is 5.17. The first-order valence-electron chi connectivity index (χ1n) is 5.67. The molecule has 6 heteroatoms. The second kappa shape index (κ2) is 5.06. The molecule has 1 aliphatic rings. The summed E-state index contributed by atoms with van der Waals surface area (Å²) in [5.41, 5.74) is 2.67. The van der Waals surface area contributed by atoms with E-state index in [2.05, 4.69) is 5.43 Å². The molecular formula is C12H18N2O3S.